The van der Waals surface area contributed by atoms with Crippen molar-refractivity contribution < 1.29 is 14.3 Å². The fourth-order valence-electron chi connectivity index (χ4n) is 2.51. The van der Waals surface area contributed by atoms with Crippen LogP contribution < -0.4 is 5.32 Å². The van der Waals surface area contributed by atoms with Crippen LogP contribution in [0.4, 0.5) is 5.69 Å². The summed E-state index contributed by atoms with van der Waals surface area (Å²) in [5, 5.41) is 13.0. The third kappa shape index (κ3) is 3.10. The highest BCUT2D eigenvalue weighted by Gasteiger charge is 2.13. The molecule has 0 aliphatic rings. The van der Waals surface area contributed by atoms with E-state index in [1.165, 1.54) is 6.20 Å². The van der Waals surface area contributed by atoms with Gasteiger partial charge in [-0.2, -0.15) is 0 Å². The van der Waals surface area contributed by atoms with Gasteiger partial charge in [-0.15, -0.1) is 0 Å². The first-order valence-electron chi connectivity index (χ1n) is 7.39. The predicted molar refractivity (Wildman–Crippen MR) is 88.2 cm³/mol. The van der Waals surface area contributed by atoms with Crippen molar-refractivity contribution in [2.24, 2.45) is 0 Å². The topological polar surface area (TPSA) is 75.4 Å². The molecule has 2 aromatic heterocycles. The van der Waals surface area contributed by atoms with Crippen molar-refractivity contribution in [3.05, 3.63) is 59.1 Å². The molecular formula is C18H18N2O3. The number of rotatable bonds is 4. The lowest BCUT2D eigenvalue weighted by atomic mass is 10.0. The van der Waals surface area contributed by atoms with E-state index in [0.717, 1.165) is 27.7 Å². The zero-order chi connectivity index (χ0) is 16.4. The summed E-state index contributed by atoms with van der Waals surface area (Å²) in [5.74, 6) is -0.173. The average Bonchev–Trinajstić information content (AvgIpc) is 2.90. The van der Waals surface area contributed by atoms with Crippen LogP contribution in [0.25, 0.3) is 11.0 Å². The Labute approximate surface area is 134 Å². The van der Waals surface area contributed by atoms with Crippen LogP contribution in [0.15, 0.2) is 41.3 Å². The number of benzene rings is 1. The third-order valence-electron chi connectivity index (χ3n) is 3.98. The number of aryl methyl sites for hydroxylation is 2. The number of nitrogens with zero attached hydrogens (tertiary/aromatic N) is 1. The second-order valence-corrected chi connectivity index (χ2v) is 5.61. The van der Waals surface area contributed by atoms with E-state index in [9.17, 15) is 9.90 Å². The van der Waals surface area contributed by atoms with Gasteiger partial charge in [0.15, 0.2) is 0 Å². The smallest absolute Gasteiger partial charge is 0.228 e. The molecule has 118 valence electrons. The quantitative estimate of drug-likeness (QED) is 0.776. The van der Waals surface area contributed by atoms with Gasteiger partial charge in [0.05, 0.1) is 31.2 Å². The molecule has 2 heterocycles. The number of carbonyl (C=O) groups excluding carboxylic acids is 1. The molecular weight excluding hydrogens is 292 g/mol. The highest BCUT2D eigenvalue weighted by molar-refractivity contribution is 5.95. The van der Waals surface area contributed by atoms with Gasteiger partial charge in [-0.05, 0) is 43.2 Å². The van der Waals surface area contributed by atoms with Gasteiger partial charge >= 0.3 is 0 Å². The fourth-order valence-corrected chi connectivity index (χ4v) is 2.51. The molecule has 3 rings (SSSR count). The van der Waals surface area contributed by atoms with Crippen molar-refractivity contribution in [3.63, 3.8) is 0 Å². The number of carbonyl (C=O) groups is 1. The van der Waals surface area contributed by atoms with Crippen molar-refractivity contribution >= 4 is 22.6 Å². The largest absolute Gasteiger partial charge is 0.464 e. The maximum Gasteiger partial charge on any atom is 0.228 e. The molecule has 23 heavy (non-hydrogen) atoms. The number of aliphatic hydroxyl groups is 1. The van der Waals surface area contributed by atoms with Crippen LogP contribution in [-0.2, 0) is 17.8 Å². The molecule has 0 saturated heterocycles. The second-order valence-electron chi connectivity index (χ2n) is 5.61. The Kier molecular flexibility index (Phi) is 4.12. The van der Waals surface area contributed by atoms with Crippen LogP contribution in [0.2, 0.25) is 0 Å². The van der Waals surface area contributed by atoms with Crippen LogP contribution in [0, 0.1) is 13.8 Å². The molecule has 0 aliphatic heterocycles. The minimum absolute atomic E-state index is 0.148. The highest BCUT2D eigenvalue weighted by Crippen LogP contribution is 2.25. The molecule has 0 unspecified atom stereocenters. The number of amides is 1. The van der Waals surface area contributed by atoms with E-state index in [-0.39, 0.29) is 18.9 Å². The Morgan fingerprint density at radius 1 is 1.26 bits per heavy atom. The summed E-state index contributed by atoms with van der Waals surface area (Å²) < 4.78 is 5.55. The Morgan fingerprint density at radius 2 is 2.04 bits per heavy atom. The maximum absolute atomic E-state index is 12.3. The van der Waals surface area contributed by atoms with Crippen LogP contribution in [-0.4, -0.2) is 16.0 Å². The number of fused-ring (bicyclic) bond motifs is 1. The molecule has 0 aliphatic carbocycles. The van der Waals surface area contributed by atoms with Crippen LogP contribution >= 0.6 is 0 Å². The molecule has 5 nitrogen and oxygen atoms in total. The van der Waals surface area contributed by atoms with Gasteiger partial charge < -0.3 is 14.8 Å². The summed E-state index contributed by atoms with van der Waals surface area (Å²) in [6.07, 6.45) is 4.94. The molecule has 1 amide bonds. The Balaban J connectivity index is 1.82. The molecule has 0 saturated carbocycles. The van der Waals surface area contributed by atoms with Crippen molar-refractivity contribution in [3.8, 4) is 0 Å². The zero-order valence-electron chi connectivity index (χ0n) is 13.1. The normalized spacial score (nSPS) is 10.9. The molecule has 0 atom stereocenters. The highest BCUT2D eigenvalue weighted by atomic mass is 16.3. The number of hydrogen-bond donors (Lipinski definition) is 2. The fraction of sp³-hybridized carbons (Fsp3) is 0.222. The maximum atomic E-state index is 12.3. The number of pyridine rings is 1. The average molecular weight is 310 g/mol. The van der Waals surface area contributed by atoms with E-state index in [0.29, 0.717) is 11.3 Å². The van der Waals surface area contributed by atoms with E-state index in [4.69, 9.17) is 4.42 Å². The van der Waals surface area contributed by atoms with E-state index in [1.54, 1.807) is 18.5 Å². The zero-order valence-corrected chi connectivity index (χ0v) is 13.1. The number of furan rings is 1. The Bertz CT molecular complexity index is 868. The predicted octanol–water partition coefficient (Wildman–Crippen LogP) is 3.12. The molecule has 3 aromatic rings. The van der Waals surface area contributed by atoms with Crippen LogP contribution in [0.5, 0.6) is 0 Å². The van der Waals surface area contributed by atoms with Crippen LogP contribution in [0.1, 0.15) is 22.3 Å². The van der Waals surface area contributed by atoms with E-state index >= 15 is 0 Å². The van der Waals surface area contributed by atoms with Gasteiger partial charge in [0.2, 0.25) is 5.91 Å². The van der Waals surface area contributed by atoms with Crippen LogP contribution in [0.3, 0.4) is 0 Å². The lowest BCUT2D eigenvalue weighted by molar-refractivity contribution is -0.115. The molecule has 1 aromatic carbocycles. The summed E-state index contributed by atoms with van der Waals surface area (Å²) >= 11 is 0. The first kappa shape index (κ1) is 15.2. The molecule has 0 spiro atoms. The SMILES string of the molecule is Cc1cc2occ(CC(=O)Nc3cnccc3CO)c2cc1C. The van der Waals surface area contributed by atoms with Gasteiger partial charge in [-0.25, -0.2) is 0 Å². The van der Waals surface area contributed by atoms with E-state index < -0.39 is 0 Å². The standard InChI is InChI=1S/C18H18N2O3/c1-11-5-15-14(10-23-17(15)6-12(11)2)7-18(22)20-16-8-19-4-3-13(16)9-21/h3-6,8,10,21H,7,9H2,1-2H3,(H,20,22). The summed E-state index contributed by atoms with van der Waals surface area (Å²) in [5.41, 5.74) is 5.11. The first-order valence-corrected chi connectivity index (χ1v) is 7.39. The van der Waals surface area contributed by atoms with Gasteiger partial charge in [0, 0.05) is 22.7 Å². The summed E-state index contributed by atoms with van der Waals surface area (Å²) in [4.78, 5) is 16.3. The summed E-state index contributed by atoms with van der Waals surface area (Å²) in [6, 6.07) is 5.70. The minimum atomic E-state index is -0.173. The molecule has 0 radical (unpaired) electrons. The third-order valence-corrected chi connectivity index (χ3v) is 3.98. The molecule has 5 heteroatoms. The van der Waals surface area contributed by atoms with E-state index in [2.05, 4.69) is 10.3 Å². The van der Waals surface area contributed by atoms with Gasteiger partial charge in [-0.1, -0.05) is 0 Å². The van der Waals surface area contributed by atoms with Gasteiger partial charge in [0.1, 0.15) is 5.58 Å². The lowest BCUT2D eigenvalue weighted by Gasteiger charge is -2.08. The number of aliphatic hydroxyl groups excluding tert-OH is 1. The van der Waals surface area contributed by atoms with Crippen molar-refractivity contribution in [1.82, 2.24) is 4.98 Å². The number of nitrogens with one attached hydrogen (secondary N) is 1. The Hall–Kier alpha value is -2.66. The first-order chi connectivity index (χ1) is 11.1. The van der Waals surface area contributed by atoms with Crippen molar-refractivity contribution in [2.75, 3.05) is 5.32 Å². The number of hydrogen-bond acceptors (Lipinski definition) is 4. The van der Waals surface area contributed by atoms with Gasteiger partial charge in [-0.3, -0.25) is 9.78 Å². The molecule has 0 bridgehead atoms. The van der Waals surface area contributed by atoms with Gasteiger partial charge in [0.25, 0.3) is 0 Å². The van der Waals surface area contributed by atoms with Crippen molar-refractivity contribution in [2.45, 2.75) is 26.9 Å². The molecule has 0 fully saturated rings. The van der Waals surface area contributed by atoms with E-state index in [1.807, 2.05) is 26.0 Å². The number of anilines is 1. The monoisotopic (exact) mass is 310 g/mol. The minimum Gasteiger partial charge on any atom is -0.464 e. The summed E-state index contributed by atoms with van der Waals surface area (Å²) in [6.45, 7) is 3.92. The van der Waals surface area contributed by atoms with Crippen molar-refractivity contribution in [1.29, 1.82) is 0 Å². The lowest BCUT2D eigenvalue weighted by Crippen LogP contribution is -2.15. The summed E-state index contributed by atoms with van der Waals surface area (Å²) in [7, 11) is 0. The Morgan fingerprint density at radius 3 is 2.83 bits per heavy atom. The number of aromatic nitrogens is 1. The molecule has 2 N–H and O–H groups in total. The second kappa shape index (κ2) is 6.22.